The van der Waals surface area contributed by atoms with Gasteiger partial charge < -0.3 is 4.74 Å². The number of hydrogen-bond acceptors (Lipinski definition) is 2. The Balaban J connectivity index is 3.62. The molecule has 0 aliphatic heterocycles. The van der Waals surface area contributed by atoms with Gasteiger partial charge in [0.25, 0.3) is 0 Å². The lowest BCUT2D eigenvalue weighted by molar-refractivity contribution is 0.219. The van der Waals surface area contributed by atoms with E-state index in [0.29, 0.717) is 5.92 Å². The molecule has 0 radical (unpaired) electrons. The average Bonchev–Trinajstić information content (AvgIpc) is 1.85. The van der Waals surface area contributed by atoms with Gasteiger partial charge in [-0.3, -0.25) is 0 Å². The first-order valence-corrected chi connectivity index (χ1v) is 4.19. The van der Waals surface area contributed by atoms with Crippen molar-refractivity contribution in [2.45, 2.75) is 40.2 Å². The predicted octanol–water partition coefficient (Wildman–Crippen LogP) is 2.78. The summed E-state index contributed by atoms with van der Waals surface area (Å²) in [6.45, 7) is 8.19. The van der Waals surface area contributed by atoms with Gasteiger partial charge in [0.2, 0.25) is 0 Å². The molecule has 0 rings (SSSR count). The van der Waals surface area contributed by atoms with E-state index in [1.165, 1.54) is 0 Å². The second-order valence-electron chi connectivity index (χ2n) is 2.79. The van der Waals surface area contributed by atoms with Crippen molar-refractivity contribution in [2.24, 2.45) is 5.92 Å². The summed E-state index contributed by atoms with van der Waals surface area (Å²) in [7, 11) is 0. The Hall–Kier alpha value is -0.110. The summed E-state index contributed by atoms with van der Waals surface area (Å²) in [5.41, 5.74) is 0. The van der Waals surface area contributed by atoms with Gasteiger partial charge in [0.1, 0.15) is 0 Å². The van der Waals surface area contributed by atoms with Crippen LogP contribution in [0.5, 0.6) is 0 Å². The third-order valence-electron chi connectivity index (χ3n) is 1.37. The molecule has 60 valence electrons. The maximum absolute atomic E-state index is 5.33. The third-order valence-corrected chi connectivity index (χ3v) is 1.87. The van der Waals surface area contributed by atoms with E-state index in [2.05, 4.69) is 13.8 Å². The maximum Gasteiger partial charge on any atom is 0.162 e. The molecule has 0 aromatic carbocycles. The molecule has 1 atom stereocenters. The van der Waals surface area contributed by atoms with Crippen LogP contribution < -0.4 is 0 Å². The fourth-order valence-corrected chi connectivity index (χ4v) is 0.874. The zero-order valence-corrected chi connectivity index (χ0v) is 7.99. The Morgan fingerprint density at radius 2 is 1.90 bits per heavy atom. The van der Waals surface area contributed by atoms with E-state index in [9.17, 15) is 0 Å². The standard InChI is InChI=1S/C8H16OS/c1-5-7(4)8(10)9-6(2)3/h6-7H,5H2,1-4H3. The Bertz CT molecular complexity index is 110. The van der Waals surface area contributed by atoms with Crippen molar-refractivity contribution in [3.8, 4) is 0 Å². The van der Waals surface area contributed by atoms with Crippen LogP contribution in [0.2, 0.25) is 0 Å². The lowest BCUT2D eigenvalue weighted by Crippen LogP contribution is -2.16. The van der Waals surface area contributed by atoms with Gasteiger partial charge in [-0.15, -0.1) is 0 Å². The quantitative estimate of drug-likeness (QED) is 0.587. The molecule has 2 heteroatoms. The van der Waals surface area contributed by atoms with E-state index in [1.807, 2.05) is 13.8 Å². The molecule has 0 aliphatic carbocycles. The maximum atomic E-state index is 5.33. The van der Waals surface area contributed by atoms with Crippen LogP contribution in [-0.2, 0) is 4.74 Å². The molecule has 0 aliphatic rings. The highest BCUT2D eigenvalue weighted by Crippen LogP contribution is 2.07. The summed E-state index contributed by atoms with van der Waals surface area (Å²) in [6, 6.07) is 0. The largest absolute Gasteiger partial charge is 0.484 e. The van der Waals surface area contributed by atoms with Gasteiger partial charge in [-0.25, -0.2) is 0 Å². The molecule has 10 heavy (non-hydrogen) atoms. The van der Waals surface area contributed by atoms with Crippen LogP contribution in [0.4, 0.5) is 0 Å². The van der Waals surface area contributed by atoms with Crippen LogP contribution in [0, 0.1) is 5.92 Å². The van der Waals surface area contributed by atoms with Crippen LogP contribution in [-0.4, -0.2) is 11.2 Å². The monoisotopic (exact) mass is 160 g/mol. The molecule has 0 saturated carbocycles. The van der Waals surface area contributed by atoms with Gasteiger partial charge in [0.15, 0.2) is 5.05 Å². The van der Waals surface area contributed by atoms with Crippen molar-refractivity contribution in [1.29, 1.82) is 0 Å². The Kier molecular flexibility index (Phi) is 4.62. The van der Waals surface area contributed by atoms with Crippen molar-refractivity contribution in [3.05, 3.63) is 0 Å². The molecule has 0 heterocycles. The Morgan fingerprint density at radius 3 is 2.20 bits per heavy atom. The molecule has 0 bridgehead atoms. The fourth-order valence-electron chi connectivity index (χ4n) is 0.515. The minimum absolute atomic E-state index is 0.224. The second kappa shape index (κ2) is 4.67. The molecule has 0 aromatic heterocycles. The summed E-state index contributed by atoms with van der Waals surface area (Å²) < 4.78 is 5.33. The van der Waals surface area contributed by atoms with E-state index < -0.39 is 0 Å². The molecule has 0 fully saturated rings. The molecule has 0 N–H and O–H groups in total. The van der Waals surface area contributed by atoms with Gasteiger partial charge >= 0.3 is 0 Å². The first-order chi connectivity index (χ1) is 4.57. The third kappa shape index (κ3) is 3.83. The van der Waals surface area contributed by atoms with E-state index >= 15 is 0 Å². The van der Waals surface area contributed by atoms with Crippen LogP contribution >= 0.6 is 12.2 Å². The highest BCUT2D eigenvalue weighted by atomic mass is 32.1. The smallest absolute Gasteiger partial charge is 0.162 e. The van der Waals surface area contributed by atoms with Crippen molar-refractivity contribution in [3.63, 3.8) is 0 Å². The Morgan fingerprint density at radius 1 is 1.40 bits per heavy atom. The lowest BCUT2D eigenvalue weighted by atomic mass is 10.1. The van der Waals surface area contributed by atoms with Gasteiger partial charge in [0, 0.05) is 5.92 Å². The minimum Gasteiger partial charge on any atom is -0.484 e. The predicted molar refractivity (Wildman–Crippen MR) is 48.3 cm³/mol. The number of ether oxygens (including phenoxy) is 1. The molecule has 1 nitrogen and oxygen atoms in total. The van der Waals surface area contributed by atoms with Crippen molar-refractivity contribution >= 4 is 17.3 Å². The molecule has 0 saturated heterocycles. The van der Waals surface area contributed by atoms with E-state index in [1.54, 1.807) is 0 Å². The average molecular weight is 160 g/mol. The molecular weight excluding hydrogens is 144 g/mol. The van der Waals surface area contributed by atoms with Gasteiger partial charge in [-0.1, -0.05) is 13.8 Å². The summed E-state index contributed by atoms with van der Waals surface area (Å²) in [4.78, 5) is 0. The summed E-state index contributed by atoms with van der Waals surface area (Å²) in [5.74, 6) is 0.414. The van der Waals surface area contributed by atoms with E-state index in [-0.39, 0.29) is 6.10 Å². The first kappa shape index (κ1) is 9.89. The summed E-state index contributed by atoms with van der Waals surface area (Å²) in [6.07, 6.45) is 1.28. The minimum atomic E-state index is 0.224. The number of thiocarbonyl (C=S) groups is 1. The Labute approximate surface area is 68.8 Å². The van der Waals surface area contributed by atoms with Crippen LogP contribution in [0.15, 0.2) is 0 Å². The highest BCUT2D eigenvalue weighted by Gasteiger charge is 2.07. The topological polar surface area (TPSA) is 9.23 Å². The van der Waals surface area contributed by atoms with Crippen LogP contribution in [0.3, 0.4) is 0 Å². The van der Waals surface area contributed by atoms with Gasteiger partial charge in [-0.2, -0.15) is 0 Å². The summed E-state index contributed by atoms with van der Waals surface area (Å²) >= 11 is 5.03. The molecular formula is C8H16OS. The normalized spacial score (nSPS) is 13.3. The fraction of sp³-hybridized carbons (Fsp3) is 0.875. The van der Waals surface area contributed by atoms with Gasteiger partial charge in [-0.05, 0) is 32.5 Å². The molecule has 1 unspecified atom stereocenters. The summed E-state index contributed by atoms with van der Waals surface area (Å²) in [5, 5.41) is 0.748. The second-order valence-corrected chi connectivity index (χ2v) is 3.20. The number of rotatable bonds is 3. The molecule has 0 spiro atoms. The lowest BCUT2D eigenvalue weighted by Gasteiger charge is -2.14. The zero-order chi connectivity index (χ0) is 8.15. The van der Waals surface area contributed by atoms with Crippen LogP contribution in [0.25, 0.3) is 0 Å². The molecule has 0 amide bonds. The van der Waals surface area contributed by atoms with Gasteiger partial charge in [0.05, 0.1) is 6.10 Å². The SMILES string of the molecule is CCC(C)C(=S)OC(C)C. The van der Waals surface area contributed by atoms with E-state index in [0.717, 1.165) is 11.5 Å². The van der Waals surface area contributed by atoms with Crippen molar-refractivity contribution < 1.29 is 4.74 Å². The van der Waals surface area contributed by atoms with Crippen LogP contribution in [0.1, 0.15) is 34.1 Å². The molecule has 0 aromatic rings. The highest BCUT2D eigenvalue weighted by molar-refractivity contribution is 7.80. The first-order valence-electron chi connectivity index (χ1n) is 3.78. The van der Waals surface area contributed by atoms with Crippen molar-refractivity contribution in [1.82, 2.24) is 0 Å². The zero-order valence-electron chi connectivity index (χ0n) is 7.18. The number of hydrogen-bond donors (Lipinski definition) is 0. The van der Waals surface area contributed by atoms with Crippen molar-refractivity contribution in [2.75, 3.05) is 0 Å². The van der Waals surface area contributed by atoms with E-state index in [4.69, 9.17) is 17.0 Å².